The van der Waals surface area contributed by atoms with Crippen molar-refractivity contribution in [2.45, 2.75) is 0 Å². The zero-order chi connectivity index (χ0) is 16.2. The van der Waals surface area contributed by atoms with Crippen molar-refractivity contribution in [3.05, 3.63) is 86.0 Å². The third-order valence-corrected chi connectivity index (χ3v) is 3.59. The number of azo groups is 1. The van der Waals surface area contributed by atoms with Crippen LogP contribution in [-0.2, 0) is 0 Å². The van der Waals surface area contributed by atoms with Gasteiger partial charge in [-0.25, -0.2) is 9.97 Å². The Morgan fingerprint density at radius 1 is 0.583 bits per heavy atom. The van der Waals surface area contributed by atoms with E-state index in [0.29, 0.717) is 0 Å². The van der Waals surface area contributed by atoms with Crippen LogP contribution in [0.25, 0.3) is 11.4 Å². The quantitative estimate of drug-likeness (QED) is 0.522. The Kier molecular flexibility index (Phi) is 3.69. The van der Waals surface area contributed by atoms with Gasteiger partial charge in [0.15, 0.2) is 0 Å². The lowest BCUT2D eigenvalue weighted by atomic mass is 10.3. The van der Waals surface area contributed by atoms with Gasteiger partial charge in [0.05, 0.1) is 24.0 Å². The molecule has 4 rings (SSSR count). The molecule has 24 heavy (non-hydrogen) atoms. The molecule has 0 unspecified atom stereocenters. The van der Waals surface area contributed by atoms with Crippen molar-refractivity contribution in [1.82, 2.24) is 19.1 Å². The van der Waals surface area contributed by atoms with Crippen LogP contribution in [0.4, 0.5) is 11.4 Å². The van der Waals surface area contributed by atoms with Crippen LogP contribution in [0.3, 0.4) is 0 Å². The van der Waals surface area contributed by atoms with Gasteiger partial charge >= 0.3 is 0 Å². The van der Waals surface area contributed by atoms with Gasteiger partial charge in [-0.1, -0.05) is 0 Å². The number of nitrogens with zero attached hydrogens (tertiary/aromatic N) is 6. The van der Waals surface area contributed by atoms with E-state index in [9.17, 15) is 0 Å². The molecule has 6 nitrogen and oxygen atoms in total. The van der Waals surface area contributed by atoms with Gasteiger partial charge in [-0.3, -0.25) is 0 Å². The van der Waals surface area contributed by atoms with Gasteiger partial charge in [-0.2, -0.15) is 10.2 Å². The highest BCUT2D eigenvalue weighted by Gasteiger charge is 1.97. The first-order valence-electron chi connectivity index (χ1n) is 7.47. The Morgan fingerprint density at radius 2 is 1.00 bits per heavy atom. The molecule has 6 heteroatoms. The molecule has 0 aliphatic heterocycles. The molecule has 0 atom stereocenters. The molecule has 0 aliphatic carbocycles. The zero-order valence-electron chi connectivity index (χ0n) is 12.8. The molecule has 116 valence electrons. The number of imidazole rings is 2. The summed E-state index contributed by atoms with van der Waals surface area (Å²) in [5.74, 6) is 0. The van der Waals surface area contributed by atoms with Crippen molar-refractivity contribution in [2.24, 2.45) is 10.2 Å². The van der Waals surface area contributed by atoms with Gasteiger partial charge in [-0.15, -0.1) is 0 Å². The minimum atomic E-state index is 0.803. The summed E-state index contributed by atoms with van der Waals surface area (Å²) < 4.78 is 3.88. The minimum absolute atomic E-state index is 0.803. The molecular weight excluding hydrogens is 300 g/mol. The van der Waals surface area contributed by atoms with Gasteiger partial charge in [0.25, 0.3) is 0 Å². The van der Waals surface area contributed by atoms with Crippen LogP contribution in [0.2, 0.25) is 0 Å². The Balaban J connectivity index is 1.48. The third-order valence-electron chi connectivity index (χ3n) is 3.59. The summed E-state index contributed by atoms with van der Waals surface area (Å²) in [6, 6.07) is 15.7. The van der Waals surface area contributed by atoms with Crippen LogP contribution in [-0.4, -0.2) is 19.1 Å². The maximum Gasteiger partial charge on any atom is 0.0991 e. The summed E-state index contributed by atoms with van der Waals surface area (Å²) in [5, 5.41) is 8.54. The lowest BCUT2D eigenvalue weighted by Gasteiger charge is -2.02. The highest BCUT2D eigenvalue weighted by atomic mass is 15.1. The van der Waals surface area contributed by atoms with Crippen LogP contribution in [0.5, 0.6) is 0 Å². The Hall–Kier alpha value is -3.54. The zero-order valence-corrected chi connectivity index (χ0v) is 12.8. The molecule has 0 saturated carbocycles. The van der Waals surface area contributed by atoms with Crippen molar-refractivity contribution in [1.29, 1.82) is 0 Å². The molecule has 0 N–H and O–H groups in total. The minimum Gasteiger partial charge on any atom is -0.306 e. The monoisotopic (exact) mass is 314 g/mol. The summed E-state index contributed by atoms with van der Waals surface area (Å²) in [6.45, 7) is 0. The lowest BCUT2D eigenvalue weighted by Crippen LogP contribution is -1.88. The number of rotatable bonds is 4. The van der Waals surface area contributed by atoms with E-state index in [2.05, 4.69) is 20.2 Å². The molecule has 0 aliphatic rings. The molecule has 0 radical (unpaired) electrons. The van der Waals surface area contributed by atoms with Gasteiger partial charge in [0.2, 0.25) is 0 Å². The molecule has 2 aromatic carbocycles. The smallest absolute Gasteiger partial charge is 0.0991 e. The van der Waals surface area contributed by atoms with E-state index in [-0.39, 0.29) is 0 Å². The van der Waals surface area contributed by atoms with Crippen molar-refractivity contribution in [3.8, 4) is 11.4 Å². The van der Waals surface area contributed by atoms with Gasteiger partial charge < -0.3 is 9.13 Å². The maximum absolute atomic E-state index is 4.27. The van der Waals surface area contributed by atoms with E-state index >= 15 is 0 Å². The standard InChI is InChI=1S/C18H14N6/c1-5-17(23-11-9-19-13-23)6-2-15(1)21-22-16-3-7-18(8-4-16)24-12-10-20-14-24/h1-14H. The Labute approximate surface area is 138 Å². The van der Waals surface area contributed by atoms with E-state index in [0.717, 1.165) is 22.7 Å². The van der Waals surface area contributed by atoms with E-state index in [1.54, 1.807) is 25.0 Å². The lowest BCUT2D eigenvalue weighted by molar-refractivity contribution is 1.05. The van der Waals surface area contributed by atoms with Crippen molar-refractivity contribution in [3.63, 3.8) is 0 Å². The van der Waals surface area contributed by atoms with Crippen LogP contribution in [0.15, 0.2) is 96.2 Å². The molecule has 2 aromatic heterocycles. The summed E-state index contributed by atoms with van der Waals surface area (Å²) in [6.07, 6.45) is 10.8. The van der Waals surface area contributed by atoms with Crippen LogP contribution in [0, 0.1) is 0 Å². The number of hydrogen-bond donors (Lipinski definition) is 0. The summed E-state index contributed by atoms with van der Waals surface area (Å²) in [5.41, 5.74) is 3.68. The first-order valence-corrected chi connectivity index (χ1v) is 7.47. The van der Waals surface area contributed by atoms with Crippen LogP contribution >= 0.6 is 0 Å². The fourth-order valence-corrected chi connectivity index (χ4v) is 2.32. The number of aromatic nitrogens is 4. The summed E-state index contributed by atoms with van der Waals surface area (Å²) in [7, 11) is 0. The molecule has 0 fully saturated rings. The Morgan fingerprint density at radius 3 is 1.33 bits per heavy atom. The second-order valence-corrected chi connectivity index (χ2v) is 5.17. The topological polar surface area (TPSA) is 60.4 Å². The van der Waals surface area contributed by atoms with Crippen molar-refractivity contribution in [2.75, 3.05) is 0 Å². The van der Waals surface area contributed by atoms with Gasteiger partial charge in [-0.05, 0) is 48.5 Å². The predicted molar refractivity (Wildman–Crippen MR) is 91.3 cm³/mol. The fraction of sp³-hybridized carbons (Fsp3) is 0. The first-order chi connectivity index (χ1) is 11.9. The average molecular weight is 314 g/mol. The third kappa shape index (κ3) is 2.98. The molecule has 0 spiro atoms. The average Bonchev–Trinajstić information content (AvgIpc) is 3.34. The molecule has 4 aromatic rings. The summed E-state index contributed by atoms with van der Waals surface area (Å²) >= 11 is 0. The van der Waals surface area contributed by atoms with E-state index in [4.69, 9.17) is 0 Å². The highest BCUT2D eigenvalue weighted by molar-refractivity contribution is 5.47. The van der Waals surface area contributed by atoms with Crippen molar-refractivity contribution >= 4 is 11.4 Å². The molecule has 2 heterocycles. The van der Waals surface area contributed by atoms with Crippen LogP contribution in [0.1, 0.15) is 0 Å². The summed E-state index contributed by atoms with van der Waals surface area (Å²) in [4.78, 5) is 8.08. The SMILES string of the molecule is c1cn(-c2ccc(N=Nc3ccc(-n4ccnc4)cc3)cc2)cn1. The van der Waals surface area contributed by atoms with Gasteiger partial charge in [0, 0.05) is 36.2 Å². The second kappa shape index (κ2) is 6.29. The largest absolute Gasteiger partial charge is 0.306 e. The van der Waals surface area contributed by atoms with Gasteiger partial charge in [0.1, 0.15) is 0 Å². The van der Waals surface area contributed by atoms with Crippen LogP contribution < -0.4 is 0 Å². The van der Waals surface area contributed by atoms with E-state index in [1.807, 2.05) is 70.1 Å². The first kappa shape index (κ1) is 14.1. The maximum atomic E-state index is 4.27. The van der Waals surface area contributed by atoms with E-state index in [1.165, 1.54) is 0 Å². The normalized spacial score (nSPS) is 11.2. The molecule has 0 bridgehead atoms. The number of hydrogen-bond acceptors (Lipinski definition) is 4. The van der Waals surface area contributed by atoms with Crippen molar-refractivity contribution < 1.29 is 0 Å². The fourth-order valence-electron chi connectivity index (χ4n) is 2.32. The number of benzene rings is 2. The second-order valence-electron chi connectivity index (χ2n) is 5.17. The predicted octanol–water partition coefficient (Wildman–Crippen LogP) is 4.47. The molecule has 0 saturated heterocycles. The molecular formula is C18H14N6. The Bertz CT molecular complexity index is 841. The van der Waals surface area contributed by atoms with E-state index < -0.39 is 0 Å². The highest BCUT2D eigenvalue weighted by Crippen LogP contribution is 2.21. The molecule has 0 amide bonds.